The molecule has 5 nitrogen and oxygen atoms in total. The lowest BCUT2D eigenvalue weighted by Crippen LogP contribution is -2.20. The average molecular weight is 318 g/mol. The van der Waals surface area contributed by atoms with E-state index in [9.17, 15) is 17.2 Å². The third-order valence-electron chi connectivity index (χ3n) is 3.06. The number of aliphatic hydroxyl groups is 1. The molecule has 0 amide bonds. The molecule has 116 valence electrons. The molecule has 1 atom stereocenters. The van der Waals surface area contributed by atoms with Gasteiger partial charge in [0.05, 0.1) is 16.8 Å². The van der Waals surface area contributed by atoms with Crippen molar-refractivity contribution < 1.29 is 22.3 Å². The fourth-order valence-electron chi connectivity index (χ4n) is 2.16. The van der Waals surface area contributed by atoms with Gasteiger partial charge in [-0.2, -0.15) is 8.78 Å². The number of para-hydroxylation sites is 2. The predicted octanol–water partition coefficient (Wildman–Crippen LogP) is 1.97. The fourth-order valence-corrected chi connectivity index (χ4v) is 3.84. The Morgan fingerprint density at radius 1 is 1.33 bits per heavy atom. The number of nitrogens with zero attached hydrogens (tertiary/aromatic N) is 2. The van der Waals surface area contributed by atoms with Crippen LogP contribution in [0.4, 0.5) is 8.78 Å². The molecule has 0 spiro atoms. The van der Waals surface area contributed by atoms with Crippen LogP contribution in [0.25, 0.3) is 11.0 Å². The average Bonchev–Trinajstić information content (AvgIpc) is 2.74. The molecule has 1 aromatic carbocycles. The third-order valence-corrected chi connectivity index (χ3v) is 4.84. The van der Waals surface area contributed by atoms with Crippen LogP contribution in [0, 0.1) is 5.92 Å². The molecule has 1 N–H and O–H groups in total. The summed E-state index contributed by atoms with van der Waals surface area (Å²) in [6.45, 7) is -1.56. The zero-order valence-corrected chi connectivity index (χ0v) is 12.2. The van der Waals surface area contributed by atoms with E-state index < -0.39 is 28.1 Å². The van der Waals surface area contributed by atoms with Gasteiger partial charge in [0.1, 0.15) is 11.6 Å². The Hall–Kier alpha value is -1.54. The summed E-state index contributed by atoms with van der Waals surface area (Å²) >= 11 is 0. The third kappa shape index (κ3) is 3.56. The molecule has 1 heterocycles. The van der Waals surface area contributed by atoms with Gasteiger partial charge >= 0.3 is 6.55 Å². The Balaban J connectivity index is 2.40. The number of hydrogen-bond acceptors (Lipinski definition) is 4. The highest BCUT2D eigenvalue weighted by molar-refractivity contribution is 7.90. The summed E-state index contributed by atoms with van der Waals surface area (Å²) in [5, 5.41) is 8.92. The standard InChI is InChI=1S/C13H16F2N2O3S/c1-9(6-18)7-21(19,20)8-12-16-10-4-2-3-5-11(10)17(12)13(14)15/h2-5,9,13,18H,6-8H2,1H3. The van der Waals surface area contributed by atoms with Crippen molar-refractivity contribution in [3.8, 4) is 0 Å². The number of imidazole rings is 1. The number of hydrogen-bond donors (Lipinski definition) is 1. The van der Waals surface area contributed by atoms with Gasteiger partial charge in [0.2, 0.25) is 0 Å². The van der Waals surface area contributed by atoms with Gasteiger partial charge < -0.3 is 5.11 Å². The maximum Gasteiger partial charge on any atom is 0.320 e. The molecule has 1 aromatic heterocycles. The van der Waals surface area contributed by atoms with Crippen LogP contribution in [0.2, 0.25) is 0 Å². The Bertz CT molecular complexity index is 728. The molecule has 0 aliphatic rings. The van der Waals surface area contributed by atoms with Crippen LogP contribution in [0.3, 0.4) is 0 Å². The maximum absolute atomic E-state index is 13.2. The summed E-state index contributed by atoms with van der Waals surface area (Å²) in [6.07, 6.45) is 0. The molecule has 0 saturated heterocycles. The quantitative estimate of drug-likeness (QED) is 0.884. The molecule has 0 aliphatic heterocycles. The topological polar surface area (TPSA) is 72.2 Å². The van der Waals surface area contributed by atoms with Gasteiger partial charge in [-0.15, -0.1) is 0 Å². The summed E-state index contributed by atoms with van der Waals surface area (Å²) in [7, 11) is -3.63. The van der Waals surface area contributed by atoms with Crippen molar-refractivity contribution >= 4 is 20.9 Å². The van der Waals surface area contributed by atoms with Crippen molar-refractivity contribution in [2.24, 2.45) is 5.92 Å². The normalized spacial score (nSPS) is 14.0. The Morgan fingerprint density at radius 3 is 2.62 bits per heavy atom. The molecule has 0 bridgehead atoms. The molecule has 21 heavy (non-hydrogen) atoms. The number of halogens is 2. The van der Waals surface area contributed by atoms with E-state index in [0.717, 1.165) is 0 Å². The van der Waals surface area contributed by atoms with Crippen LogP contribution in [-0.2, 0) is 15.6 Å². The van der Waals surface area contributed by atoms with Gasteiger partial charge in [0.15, 0.2) is 9.84 Å². The lowest BCUT2D eigenvalue weighted by molar-refractivity contribution is 0.0722. The highest BCUT2D eigenvalue weighted by Gasteiger charge is 2.23. The number of alkyl halides is 2. The van der Waals surface area contributed by atoms with E-state index in [1.165, 1.54) is 6.07 Å². The van der Waals surface area contributed by atoms with Crippen LogP contribution in [0.15, 0.2) is 24.3 Å². The number of aliphatic hydroxyl groups excluding tert-OH is 1. The predicted molar refractivity (Wildman–Crippen MR) is 74.7 cm³/mol. The highest BCUT2D eigenvalue weighted by atomic mass is 32.2. The van der Waals surface area contributed by atoms with Gasteiger partial charge in [-0.25, -0.2) is 13.4 Å². The summed E-state index contributed by atoms with van der Waals surface area (Å²) < 4.78 is 51.0. The zero-order valence-electron chi connectivity index (χ0n) is 11.4. The van der Waals surface area contributed by atoms with E-state index in [4.69, 9.17) is 5.11 Å². The molecule has 8 heteroatoms. The van der Waals surface area contributed by atoms with E-state index in [1.54, 1.807) is 25.1 Å². The summed E-state index contributed by atoms with van der Waals surface area (Å²) in [5.74, 6) is -1.47. The van der Waals surface area contributed by atoms with Crippen LogP contribution in [0.1, 0.15) is 19.3 Å². The number of aromatic nitrogens is 2. The number of rotatable bonds is 6. The molecule has 2 aromatic rings. The summed E-state index contributed by atoms with van der Waals surface area (Å²) in [4.78, 5) is 3.99. The lowest BCUT2D eigenvalue weighted by atomic mass is 10.2. The summed E-state index contributed by atoms with van der Waals surface area (Å²) in [5.41, 5.74) is 0.533. The zero-order chi connectivity index (χ0) is 15.6. The molecular weight excluding hydrogens is 302 g/mol. The second-order valence-corrected chi connectivity index (χ2v) is 7.12. The first-order chi connectivity index (χ1) is 9.84. The minimum atomic E-state index is -3.63. The minimum absolute atomic E-state index is 0.184. The Morgan fingerprint density at radius 2 is 2.00 bits per heavy atom. The molecule has 0 saturated carbocycles. The molecule has 1 unspecified atom stereocenters. The van der Waals surface area contributed by atoms with Crippen molar-refractivity contribution in [3.05, 3.63) is 30.1 Å². The lowest BCUT2D eigenvalue weighted by Gasteiger charge is -2.10. The van der Waals surface area contributed by atoms with Crippen molar-refractivity contribution in [2.75, 3.05) is 12.4 Å². The monoisotopic (exact) mass is 318 g/mol. The van der Waals surface area contributed by atoms with Crippen LogP contribution in [-0.4, -0.2) is 35.4 Å². The van der Waals surface area contributed by atoms with Crippen molar-refractivity contribution in [2.45, 2.75) is 19.2 Å². The van der Waals surface area contributed by atoms with E-state index in [2.05, 4.69) is 4.98 Å². The van der Waals surface area contributed by atoms with Crippen molar-refractivity contribution in [3.63, 3.8) is 0 Å². The van der Waals surface area contributed by atoms with Crippen LogP contribution < -0.4 is 0 Å². The molecule has 0 radical (unpaired) electrons. The number of sulfone groups is 1. The molecular formula is C13H16F2N2O3S. The van der Waals surface area contributed by atoms with Crippen LogP contribution >= 0.6 is 0 Å². The fraction of sp³-hybridized carbons (Fsp3) is 0.462. The first kappa shape index (κ1) is 15.8. The van der Waals surface area contributed by atoms with Crippen molar-refractivity contribution in [1.29, 1.82) is 0 Å². The first-order valence-electron chi connectivity index (χ1n) is 6.39. The van der Waals surface area contributed by atoms with E-state index in [1.807, 2.05) is 0 Å². The molecule has 2 rings (SSSR count). The van der Waals surface area contributed by atoms with Gasteiger partial charge in [0.25, 0.3) is 0 Å². The first-order valence-corrected chi connectivity index (χ1v) is 8.21. The van der Waals surface area contributed by atoms with Gasteiger partial charge in [-0.05, 0) is 18.1 Å². The van der Waals surface area contributed by atoms with Gasteiger partial charge in [-0.3, -0.25) is 4.57 Å². The number of benzene rings is 1. The molecule has 0 aliphatic carbocycles. The Kier molecular flexibility index (Phi) is 4.58. The highest BCUT2D eigenvalue weighted by Crippen LogP contribution is 2.24. The molecule has 0 fully saturated rings. The van der Waals surface area contributed by atoms with E-state index in [-0.39, 0.29) is 23.7 Å². The van der Waals surface area contributed by atoms with E-state index >= 15 is 0 Å². The van der Waals surface area contributed by atoms with Gasteiger partial charge in [0, 0.05) is 6.61 Å². The largest absolute Gasteiger partial charge is 0.396 e. The SMILES string of the molecule is CC(CO)CS(=O)(=O)Cc1nc2ccccc2n1C(F)F. The smallest absolute Gasteiger partial charge is 0.320 e. The van der Waals surface area contributed by atoms with Crippen molar-refractivity contribution in [1.82, 2.24) is 9.55 Å². The van der Waals surface area contributed by atoms with Crippen LogP contribution in [0.5, 0.6) is 0 Å². The second-order valence-electron chi connectivity index (χ2n) is 5.01. The van der Waals surface area contributed by atoms with Gasteiger partial charge in [-0.1, -0.05) is 19.1 Å². The Labute approximate surface area is 121 Å². The second kappa shape index (κ2) is 6.07. The maximum atomic E-state index is 13.2. The summed E-state index contributed by atoms with van der Waals surface area (Å²) in [6, 6.07) is 6.27. The van der Waals surface area contributed by atoms with E-state index in [0.29, 0.717) is 10.1 Å². The number of fused-ring (bicyclic) bond motifs is 1. The minimum Gasteiger partial charge on any atom is -0.396 e.